The quantitative estimate of drug-likeness (QED) is 0.630. The molecule has 0 bridgehead atoms. The highest BCUT2D eigenvalue weighted by molar-refractivity contribution is 6.38. The van der Waals surface area contributed by atoms with Gasteiger partial charge in [0.25, 0.3) is 5.91 Å². The number of nitrogens with zero attached hydrogens (tertiary/aromatic N) is 1. The van der Waals surface area contributed by atoms with Gasteiger partial charge in [-0.25, -0.2) is 4.98 Å². The molecule has 130 valence electrons. The van der Waals surface area contributed by atoms with Gasteiger partial charge in [-0.3, -0.25) is 4.79 Å². The molecule has 3 N–H and O–H groups in total. The molecule has 1 heterocycles. The summed E-state index contributed by atoms with van der Waals surface area (Å²) < 4.78 is 0. The minimum absolute atomic E-state index is 0.229. The molecular weight excluding hydrogens is 359 g/mol. The van der Waals surface area contributed by atoms with E-state index in [0.717, 1.165) is 6.54 Å². The van der Waals surface area contributed by atoms with Crippen LogP contribution in [0.5, 0.6) is 0 Å². The van der Waals surface area contributed by atoms with E-state index in [4.69, 9.17) is 28.6 Å². The standard InChI is InChI=1S/C18H18Cl2N4O/c1-10(21)15-16(20)14(9-23-17(15)22-8-11-2-3-11)18(25)24-13-6-4-12(19)5-7-13/h4-7,9,11,21H,2-3,8H2,1H3,(H,22,23)(H,24,25). The maximum absolute atomic E-state index is 12.5. The van der Waals surface area contributed by atoms with E-state index in [9.17, 15) is 4.79 Å². The second-order valence-corrected chi connectivity index (χ2v) is 6.93. The van der Waals surface area contributed by atoms with Gasteiger partial charge in [-0.05, 0) is 49.9 Å². The molecule has 0 unspecified atom stereocenters. The number of anilines is 2. The molecule has 1 aliphatic carbocycles. The van der Waals surface area contributed by atoms with Gasteiger partial charge >= 0.3 is 0 Å². The third-order valence-electron chi connectivity index (χ3n) is 3.99. The number of rotatable bonds is 6. The third-order valence-corrected chi connectivity index (χ3v) is 4.64. The number of nitrogens with one attached hydrogen (secondary N) is 3. The predicted molar refractivity (Wildman–Crippen MR) is 102 cm³/mol. The van der Waals surface area contributed by atoms with E-state index in [-0.39, 0.29) is 22.2 Å². The number of hydrogen-bond acceptors (Lipinski definition) is 4. The fraction of sp³-hybridized carbons (Fsp3) is 0.278. The van der Waals surface area contributed by atoms with Crippen LogP contribution in [0.25, 0.3) is 0 Å². The molecule has 0 saturated heterocycles. The van der Waals surface area contributed by atoms with Gasteiger partial charge < -0.3 is 16.0 Å². The number of aromatic nitrogens is 1. The first-order chi connectivity index (χ1) is 12.0. The smallest absolute Gasteiger partial charge is 0.258 e. The number of amides is 1. The molecular formula is C18H18Cl2N4O. The number of halogens is 2. The number of carbonyl (C=O) groups excluding carboxylic acids is 1. The van der Waals surface area contributed by atoms with Crippen molar-refractivity contribution in [3.05, 3.63) is 51.6 Å². The Morgan fingerprint density at radius 1 is 1.28 bits per heavy atom. The van der Waals surface area contributed by atoms with E-state index in [1.807, 2.05) is 0 Å². The molecule has 1 aromatic carbocycles. The summed E-state index contributed by atoms with van der Waals surface area (Å²) in [6.45, 7) is 2.44. The Balaban J connectivity index is 1.84. The first kappa shape index (κ1) is 17.7. The van der Waals surface area contributed by atoms with Crippen molar-refractivity contribution >= 4 is 46.3 Å². The molecule has 1 aromatic heterocycles. The molecule has 25 heavy (non-hydrogen) atoms. The summed E-state index contributed by atoms with van der Waals surface area (Å²) in [5, 5.41) is 14.8. The zero-order chi connectivity index (χ0) is 18.0. The second kappa shape index (κ2) is 7.42. The lowest BCUT2D eigenvalue weighted by molar-refractivity contribution is 0.102. The average molecular weight is 377 g/mol. The van der Waals surface area contributed by atoms with Gasteiger partial charge in [0.1, 0.15) is 5.82 Å². The number of benzene rings is 1. The predicted octanol–water partition coefficient (Wildman–Crippen LogP) is 4.85. The lowest BCUT2D eigenvalue weighted by Crippen LogP contribution is -2.17. The van der Waals surface area contributed by atoms with E-state index < -0.39 is 0 Å². The van der Waals surface area contributed by atoms with Crippen molar-refractivity contribution in [1.82, 2.24) is 4.98 Å². The molecule has 7 heteroatoms. The molecule has 0 radical (unpaired) electrons. The Morgan fingerprint density at radius 3 is 2.56 bits per heavy atom. The second-order valence-electron chi connectivity index (χ2n) is 6.12. The number of carbonyl (C=O) groups is 1. The highest BCUT2D eigenvalue weighted by atomic mass is 35.5. The molecule has 1 saturated carbocycles. The molecule has 5 nitrogen and oxygen atoms in total. The van der Waals surface area contributed by atoms with Crippen LogP contribution in [0.15, 0.2) is 30.5 Å². The van der Waals surface area contributed by atoms with Crippen molar-refractivity contribution in [1.29, 1.82) is 5.41 Å². The van der Waals surface area contributed by atoms with Crippen LogP contribution in [0.2, 0.25) is 10.0 Å². The first-order valence-electron chi connectivity index (χ1n) is 8.00. The van der Waals surface area contributed by atoms with E-state index in [0.29, 0.717) is 28.0 Å². The summed E-state index contributed by atoms with van der Waals surface area (Å²) in [4.78, 5) is 16.8. The van der Waals surface area contributed by atoms with Crippen LogP contribution < -0.4 is 10.6 Å². The summed E-state index contributed by atoms with van der Waals surface area (Å²) in [6.07, 6.45) is 3.86. The van der Waals surface area contributed by atoms with Gasteiger partial charge in [-0.1, -0.05) is 23.2 Å². The van der Waals surface area contributed by atoms with E-state index >= 15 is 0 Å². The van der Waals surface area contributed by atoms with Gasteiger partial charge in [0.2, 0.25) is 0 Å². The summed E-state index contributed by atoms with van der Waals surface area (Å²) in [7, 11) is 0. The monoisotopic (exact) mass is 376 g/mol. The van der Waals surface area contributed by atoms with Gasteiger partial charge in [0.15, 0.2) is 0 Å². The third kappa shape index (κ3) is 4.30. The minimum atomic E-state index is -0.379. The molecule has 1 fully saturated rings. The largest absolute Gasteiger partial charge is 0.369 e. The zero-order valence-electron chi connectivity index (χ0n) is 13.7. The molecule has 1 amide bonds. The number of hydrogen-bond donors (Lipinski definition) is 3. The average Bonchev–Trinajstić information content (AvgIpc) is 3.39. The van der Waals surface area contributed by atoms with Gasteiger partial charge in [0.05, 0.1) is 16.1 Å². The first-order valence-corrected chi connectivity index (χ1v) is 8.76. The molecule has 2 aromatic rings. The van der Waals surface area contributed by atoms with E-state index in [2.05, 4.69) is 15.6 Å². The fourth-order valence-electron chi connectivity index (χ4n) is 2.42. The van der Waals surface area contributed by atoms with Gasteiger partial charge in [-0.15, -0.1) is 0 Å². The fourth-order valence-corrected chi connectivity index (χ4v) is 2.91. The zero-order valence-corrected chi connectivity index (χ0v) is 15.2. The highest BCUT2D eigenvalue weighted by Crippen LogP contribution is 2.31. The van der Waals surface area contributed by atoms with Crippen LogP contribution in [-0.4, -0.2) is 23.1 Å². The topological polar surface area (TPSA) is 77.9 Å². The number of pyridine rings is 1. The molecule has 0 aliphatic heterocycles. The molecule has 0 spiro atoms. The van der Waals surface area contributed by atoms with Crippen LogP contribution in [0.1, 0.15) is 35.7 Å². The van der Waals surface area contributed by atoms with Crippen LogP contribution >= 0.6 is 23.2 Å². The van der Waals surface area contributed by atoms with Crippen molar-refractivity contribution in [2.75, 3.05) is 17.2 Å². The maximum atomic E-state index is 12.5. The highest BCUT2D eigenvalue weighted by Gasteiger charge is 2.23. The van der Waals surface area contributed by atoms with Crippen LogP contribution in [0.3, 0.4) is 0 Å². The lowest BCUT2D eigenvalue weighted by atomic mass is 10.1. The van der Waals surface area contributed by atoms with Crippen molar-refractivity contribution in [3.8, 4) is 0 Å². The Kier molecular flexibility index (Phi) is 5.25. The Bertz CT molecular complexity index is 817. The van der Waals surface area contributed by atoms with Crippen molar-refractivity contribution in [3.63, 3.8) is 0 Å². The van der Waals surface area contributed by atoms with Crippen molar-refractivity contribution in [2.45, 2.75) is 19.8 Å². The Morgan fingerprint density at radius 2 is 1.96 bits per heavy atom. The molecule has 1 aliphatic rings. The maximum Gasteiger partial charge on any atom is 0.258 e. The van der Waals surface area contributed by atoms with E-state index in [1.54, 1.807) is 31.2 Å². The van der Waals surface area contributed by atoms with Gasteiger partial charge in [-0.2, -0.15) is 0 Å². The SMILES string of the molecule is CC(=N)c1c(NCC2CC2)ncc(C(=O)Nc2ccc(Cl)cc2)c1Cl. The lowest BCUT2D eigenvalue weighted by Gasteiger charge is -2.14. The Labute approximate surface area is 156 Å². The van der Waals surface area contributed by atoms with Crippen LogP contribution in [-0.2, 0) is 0 Å². The summed E-state index contributed by atoms with van der Waals surface area (Å²) in [6, 6.07) is 6.79. The van der Waals surface area contributed by atoms with Crippen molar-refractivity contribution in [2.24, 2.45) is 5.92 Å². The van der Waals surface area contributed by atoms with Crippen LogP contribution in [0.4, 0.5) is 11.5 Å². The van der Waals surface area contributed by atoms with Gasteiger partial charge in [0, 0.05) is 29.2 Å². The normalized spacial score (nSPS) is 13.4. The minimum Gasteiger partial charge on any atom is -0.369 e. The molecule has 3 rings (SSSR count). The molecule has 0 atom stereocenters. The summed E-state index contributed by atoms with van der Waals surface area (Å²) in [5.41, 5.74) is 1.56. The van der Waals surface area contributed by atoms with E-state index in [1.165, 1.54) is 19.0 Å². The summed E-state index contributed by atoms with van der Waals surface area (Å²) >= 11 is 12.3. The Hall–Kier alpha value is -2.11. The summed E-state index contributed by atoms with van der Waals surface area (Å²) in [5.74, 6) is 0.829. The van der Waals surface area contributed by atoms with Crippen molar-refractivity contribution < 1.29 is 4.79 Å². The van der Waals surface area contributed by atoms with Crippen LogP contribution in [0, 0.1) is 11.3 Å².